The molecule has 0 aliphatic carbocycles. The van der Waals surface area contributed by atoms with Gasteiger partial charge in [-0.15, -0.1) is 0 Å². The predicted molar refractivity (Wildman–Crippen MR) is 81.2 cm³/mol. The Morgan fingerprint density at radius 3 is 2.71 bits per heavy atom. The molecular formula is C16H26FNO3. The molecule has 0 aliphatic rings. The van der Waals surface area contributed by atoms with Crippen molar-refractivity contribution in [2.24, 2.45) is 5.73 Å². The van der Waals surface area contributed by atoms with Gasteiger partial charge in [-0.1, -0.05) is 6.92 Å². The topological polar surface area (TPSA) is 53.7 Å². The molecule has 1 atom stereocenters. The van der Waals surface area contributed by atoms with E-state index < -0.39 is 0 Å². The number of halogens is 1. The quantitative estimate of drug-likeness (QED) is 0.638. The molecule has 0 bridgehead atoms. The largest absolute Gasteiger partial charge is 0.493 e. The monoisotopic (exact) mass is 299 g/mol. The molecule has 0 saturated heterocycles. The molecule has 0 heterocycles. The maximum absolute atomic E-state index is 13.3. The summed E-state index contributed by atoms with van der Waals surface area (Å²) >= 11 is 0. The molecule has 0 fully saturated rings. The first kappa shape index (κ1) is 17.9. The van der Waals surface area contributed by atoms with Gasteiger partial charge in [0.2, 0.25) is 0 Å². The third kappa shape index (κ3) is 7.41. The molecule has 0 amide bonds. The van der Waals surface area contributed by atoms with Crippen molar-refractivity contribution in [2.75, 3.05) is 33.5 Å². The van der Waals surface area contributed by atoms with Crippen molar-refractivity contribution in [3.8, 4) is 5.75 Å². The van der Waals surface area contributed by atoms with Crippen LogP contribution in [0, 0.1) is 5.82 Å². The lowest BCUT2D eigenvalue weighted by atomic mass is 10.0. The Labute approximate surface area is 126 Å². The Balaban J connectivity index is 2.39. The van der Waals surface area contributed by atoms with Crippen molar-refractivity contribution >= 4 is 0 Å². The van der Waals surface area contributed by atoms with Crippen molar-refractivity contribution in [3.63, 3.8) is 0 Å². The second kappa shape index (κ2) is 10.5. The molecule has 0 radical (unpaired) electrons. The van der Waals surface area contributed by atoms with Gasteiger partial charge in [0.1, 0.15) is 11.6 Å². The fourth-order valence-electron chi connectivity index (χ4n) is 1.86. The summed E-state index contributed by atoms with van der Waals surface area (Å²) in [5, 5.41) is 0. The summed E-state index contributed by atoms with van der Waals surface area (Å²) in [6, 6.07) is 4.59. The lowest BCUT2D eigenvalue weighted by molar-refractivity contribution is 0.0644. The SMILES string of the molecule is CCC(N)Cc1cc(F)ccc1OCCCOCCOC. The highest BCUT2D eigenvalue weighted by molar-refractivity contribution is 5.34. The van der Waals surface area contributed by atoms with Crippen LogP contribution in [-0.2, 0) is 15.9 Å². The standard InChI is InChI=1S/C16H26FNO3/c1-3-15(18)12-13-11-14(17)5-6-16(13)21-8-4-7-20-10-9-19-2/h5-6,11,15H,3-4,7-10,12,18H2,1-2H3. The summed E-state index contributed by atoms with van der Waals surface area (Å²) in [5.41, 5.74) is 6.76. The molecule has 1 aromatic carbocycles. The number of hydrogen-bond acceptors (Lipinski definition) is 4. The minimum atomic E-state index is -0.261. The highest BCUT2D eigenvalue weighted by Crippen LogP contribution is 2.21. The molecule has 0 saturated carbocycles. The molecule has 1 rings (SSSR count). The molecule has 1 unspecified atom stereocenters. The van der Waals surface area contributed by atoms with Gasteiger partial charge in [-0.05, 0) is 36.6 Å². The van der Waals surface area contributed by atoms with E-state index in [9.17, 15) is 4.39 Å². The Morgan fingerprint density at radius 1 is 1.19 bits per heavy atom. The van der Waals surface area contributed by atoms with E-state index in [4.69, 9.17) is 19.9 Å². The zero-order chi connectivity index (χ0) is 15.5. The van der Waals surface area contributed by atoms with Gasteiger partial charge in [0.05, 0.1) is 19.8 Å². The number of nitrogens with two attached hydrogens (primary N) is 1. The van der Waals surface area contributed by atoms with Gasteiger partial charge in [-0.25, -0.2) is 4.39 Å². The number of ether oxygens (including phenoxy) is 3. The van der Waals surface area contributed by atoms with Crippen LogP contribution in [0.15, 0.2) is 18.2 Å². The second-order valence-corrected chi connectivity index (χ2v) is 4.93. The lowest BCUT2D eigenvalue weighted by Gasteiger charge is -2.14. The highest BCUT2D eigenvalue weighted by atomic mass is 19.1. The van der Waals surface area contributed by atoms with Gasteiger partial charge in [0.15, 0.2) is 0 Å². The van der Waals surface area contributed by atoms with Crippen LogP contribution in [0.5, 0.6) is 5.75 Å². The average molecular weight is 299 g/mol. The van der Waals surface area contributed by atoms with E-state index in [1.54, 1.807) is 13.2 Å². The summed E-state index contributed by atoms with van der Waals surface area (Å²) in [5.74, 6) is 0.445. The van der Waals surface area contributed by atoms with E-state index in [-0.39, 0.29) is 11.9 Å². The molecule has 0 aromatic heterocycles. The zero-order valence-corrected chi connectivity index (χ0v) is 12.9. The van der Waals surface area contributed by atoms with Crippen LogP contribution in [0.2, 0.25) is 0 Å². The average Bonchev–Trinajstić information content (AvgIpc) is 2.48. The third-order valence-corrected chi connectivity index (χ3v) is 3.15. The molecule has 5 heteroatoms. The molecular weight excluding hydrogens is 273 g/mol. The molecule has 2 N–H and O–H groups in total. The van der Waals surface area contributed by atoms with E-state index in [1.807, 2.05) is 6.92 Å². The van der Waals surface area contributed by atoms with Crippen molar-refractivity contribution < 1.29 is 18.6 Å². The number of methoxy groups -OCH3 is 1. The van der Waals surface area contributed by atoms with Crippen molar-refractivity contribution in [1.29, 1.82) is 0 Å². The van der Waals surface area contributed by atoms with Crippen molar-refractivity contribution in [2.45, 2.75) is 32.2 Å². The van der Waals surface area contributed by atoms with Crippen molar-refractivity contribution in [3.05, 3.63) is 29.6 Å². The number of hydrogen-bond donors (Lipinski definition) is 1. The summed E-state index contributed by atoms with van der Waals surface area (Å²) < 4.78 is 29.3. The second-order valence-electron chi connectivity index (χ2n) is 4.93. The highest BCUT2D eigenvalue weighted by Gasteiger charge is 2.09. The third-order valence-electron chi connectivity index (χ3n) is 3.15. The van der Waals surface area contributed by atoms with Crippen molar-refractivity contribution in [1.82, 2.24) is 0 Å². The lowest BCUT2D eigenvalue weighted by Crippen LogP contribution is -2.22. The van der Waals surface area contributed by atoms with Crippen LogP contribution in [0.4, 0.5) is 4.39 Å². The molecule has 120 valence electrons. The van der Waals surface area contributed by atoms with E-state index in [0.717, 1.165) is 18.4 Å². The first-order valence-electron chi connectivity index (χ1n) is 7.40. The first-order chi connectivity index (χ1) is 10.2. The first-order valence-corrected chi connectivity index (χ1v) is 7.40. The van der Waals surface area contributed by atoms with Crippen LogP contribution in [0.25, 0.3) is 0 Å². The number of benzene rings is 1. The van der Waals surface area contributed by atoms with E-state index >= 15 is 0 Å². The van der Waals surface area contributed by atoms with Crippen LogP contribution >= 0.6 is 0 Å². The molecule has 1 aromatic rings. The van der Waals surface area contributed by atoms with Gasteiger partial charge in [-0.3, -0.25) is 0 Å². The summed E-state index contributed by atoms with van der Waals surface area (Å²) in [7, 11) is 1.64. The maximum Gasteiger partial charge on any atom is 0.123 e. The van der Waals surface area contributed by atoms with Gasteiger partial charge >= 0.3 is 0 Å². The normalized spacial score (nSPS) is 12.4. The summed E-state index contributed by atoms with van der Waals surface area (Å²) in [6.45, 7) is 4.35. The Hall–Kier alpha value is -1.17. The van der Waals surface area contributed by atoms with Crippen LogP contribution in [0.1, 0.15) is 25.3 Å². The van der Waals surface area contributed by atoms with Gasteiger partial charge in [0, 0.05) is 26.2 Å². The maximum atomic E-state index is 13.3. The van der Waals surface area contributed by atoms with Gasteiger partial charge in [-0.2, -0.15) is 0 Å². The zero-order valence-electron chi connectivity index (χ0n) is 12.9. The van der Waals surface area contributed by atoms with E-state index in [1.165, 1.54) is 12.1 Å². The van der Waals surface area contributed by atoms with E-state index in [2.05, 4.69) is 0 Å². The Kier molecular flexibility index (Phi) is 8.98. The minimum absolute atomic E-state index is 0.0199. The fraction of sp³-hybridized carbons (Fsp3) is 0.625. The molecule has 0 spiro atoms. The van der Waals surface area contributed by atoms with Crippen LogP contribution < -0.4 is 10.5 Å². The number of rotatable bonds is 11. The Bertz CT molecular complexity index is 401. The minimum Gasteiger partial charge on any atom is -0.493 e. The summed E-state index contributed by atoms with van der Waals surface area (Å²) in [6.07, 6.45) is 2.25. The predicted octanol–water partition coefficient (Wildman–Crippen LogP) is 2.54. The molecule has 4 nitrogen and oxygen atoms in total. The summed E-state index contributed by atoms with van der Waals surface area (Å²) in [4.78, 5) is 0. The molecule has 21 heavy (non-hydrogen) atoms. The smallest absolute Gasteiger partial charge is 0.123 e. The van der Waals surface area contributed by atoms with Gasteiger partial charge in [0.25, 0.3) is 0 Å². The Morgan fingerprint density at radius 2 is 2.00 bits per heavy atom. The van der Waals surface area contributed by atoms with Gasteiger partial charge < -0.3 is 19.9 Å². The van der Waals surface area contributed by atoms with E-state index in [0.29, 0.717) is 38.6 Å². The van der Waals surface area contributed by atoms with Crippen LogP contribution in [-0.4, -0.2) is 39.6 Å². The van der Waals surface area contributed by atoms with Crippen LogP contribution in [0.3, 0.4) is 0 Å². The fourth-order valence-corrected chi connectivity index (χ4v) is 1.86. The molecule has 0 aliphatic heterocycles.